The average Bonchev–Trinajstić information content (AvgIpc) is 3.01. The van der Waals surface area contributed by atoms with Crippen molar-refractivity contribution in [3.63, 3.8) is 0 Å². The van der Waals surface area contributed by atoms with Crippen molar-refractivity contribution in [1.82, 2.24) is 24.5 Å². The maximum atomic E-state index is 12.8. The number of halogens is 4. The first-order valence-corrected chi connectivity index (χ1v) is 7.50. The van der Waals surface area contributed by atoms with Crippen molar-refractivity contribution in [2.45, 2.75) is 32.6 Å². The molecule has 0 fully saturated rings. The molecule has 0 aromatic carbocycles. The maximum absolute atomic E-state index is 12.8. The van der Waals surface area contributed by atoms with Crippen LogP contribution in [0.4, 0.5) is 13.2 Å². The summed E-state index contributed by atoms with van der Waals surface area (Å²) in [5, 5.41) is 7.06. The number of carbonyl (C=O) groups excluding carboxylic acids is 1. The summed E-state index contributed by atoms with van der Waals surface area (Å²) in [5.74, 6) is -0.212. The van der Waals surface area contributed by atoms with Crippen LogP contribution in [0.25, 0.3) is 0 Å². The molecule has 24 heavy (non-hydrogen) atoms. The summed E-state index contributed by atoms with van der Waals surface area (Å²) >= 11 is 5.68. The SMILES string of the molecule is Cc1c(Cl)c(C(F)(F)F)nn1CCC(=O)N(C)Cc1ccnn1C. The molecule has 0 aliphatic carbocycles. The number of alkyl halides is 3. The van der Waals surface area contributed by atoms with E-state index in [1.54, 1.807) is 31.0 Å². The van der Waals surface area contributed by atoms with Gasteiger partial charge in [-0.3, -0.25) is 14.2 Å². The highest BCUT2D eigenvalue weighted by Crippen LogP contribution is 2.35. The van der Waals surface area contributed by atoms with Gasteiger partial charge in [0.05, 0.1) is 29.5 Å². The molecule has 0 bridgehead atoms. The quantitative estimate of drug-likeness (QED) is 0.820. The molecular weight excluding hydrogens is 347 g/mol. The Morgan fingerprint density at radius 1 is 1.42 bits per heavy atom. The van der Waals surface area contributed by atoms with Gasteiger partial charge in [0, 0.05) is 26.7 Å². The van der Waals surface area contributed by atoms with Gasteiger partial charge in [0.25, 0.3) is 0 Å². The molecule has 0 atom stereocenters. The monoisotopic (exact) mass is 363 g/mol. The number of aryl methyl sites for hydroxylation is 2. The Hall–Kier alpha value is -2.03. The van der Waals surface area contributed by atoms with Crippen LogP contribution in [0.3, 0.4) is 0 Å². The zero-order valence-corrected chi connectivity index (χ0v) is 14.2. The predicted octanol–water partition coefficient (Wildman–Crippen LogP) is 2.65. The van der Waals surface area contributed by atoms with E-state index in [0.717, 1.165) is 10.4 Å². The van der Waals surface area contributed by atoms with Crippen molar-refractivity contribution < 1.29 is 18.0 Å². The van der Waals surface area contributed by atoms with Crippen LogP contribution in [0.2, 0.25) is 5.02 Å². The lowest BCUT2D eigenvalue weighted by molar-refractivity contribution is -0.141. The van der Waals surface area contributed by atoms with E-state index in [0.29, 0.717) is 6.54 Å². The molecule has 2 aromatic heterocycles. The second kappa shape index (κ2) is 6.84. The fourth-order valence-corrected chi connectivity index (χ4v) is 2.45. The van der Waals surface area contributed by atoms with Gasteiger partial charge in [-0.25, -0.2) is 0 Å². The molecule has 0 aliphatic heterocycles. The number of rotatable bonds is 5. The van der Waals surface area contributed by atoms with Gasteiger partial charge in [0.2, 0.25) is 5.91 Å². The summed E-state index contributed by atoms with van der Waals surface area (Å²) in [6, 6.07) is 1.79. The number of amides is 1. The van der Waals surface area contributed by atoms with Crippen molar-refractivity contribution in [3.8, 4) is 0 Å². The molecule has 0 radical (unpaired) electrons. The molecule has 6 nitrogen and oxygen atoms in total. The minimum absolute atomic E-state index is 0.0184. The standard InChI is InChI=1S/C14H17ClF3N5O/c1-9-12(15)13(14(16,17)18)20-23(9)7-5-11(24)21(2)8-10-4-6-19-22(10)3/h4,6H,5,7-8H2,1-3H3. The van der Waals surface area contributed by atoms with Crippen LogP contribution in [0.5, 0.6) is 0 Å². The summed E-state index contributed by atoms with van der Waals surface area (Å²) in [5.41, 5.74) is -0.0908. The van der Waals surface area contributed by atoms with Crippen molar-refractivity contribution in [1.29, 1.82) is 0 Å². The van der Waals surface area contributed by atoms with E-state index in [1.165, 1.54) is 11.8 Å². The highest BCUT2D eigenvalue weighted by molar-refractivity contribution is 6.31. The first kappa shape index (κ1) is 18.3. The minimum Gasteiger partial charge on any atom is -0.340 e. The summed E-state index contributed by atoms with van der Waals surface area (Å²) in [7, 11) is 3.39. The van der Waals surface area contributed by atoms with E-state index in [2.05, 4.69) is 10.2 Å². The molecule has 2 aromatic rings. The highest BCUT2D eigenvalue weighted by atomic mass is 35.5. The molecule has 10 heteroatoms. The Labute approximate surface area is 141 Å². The highest BCUT2D eigenvalue weighted by Gasteiger charge is 2.38. The molecule has 2 rings (SSSR count). The van der Waals surface area contributed by atoms with Gasteiger partial charge in [-0.1, -0.05) is 11.6 Å². The Kier molecular flexibility index (Phi) is 5.22. The first-order chi connectivity index (χ1) is 11.1. The zero-order chi connectivity index (χ0) is 18.1. The predicted molar refractivity (Wildman–Crippen MR) is 81.3 cm³/mol. The Morgan fingerprint density at radius 3 is 2.58 bits per heavy atom. The van der Waals surface area contributed by atoms with Crippen LogP contribution >= 0.6 is 11.6 Å². The molecule has 0 spiro atoms. The lowest BCUT2D eigenvalue weighted by atomic mass is 10.3. The minimum atomic E-state index is -4.62. The molecule has 2 heterocycles. The second-order valence-electron chi connectivity index (χ2n) is 5.41. The fraction of sp³-hybridized carbons (Fsp3) is 0.500. The van der Waals surface area contributed by atoms with Gasteiger partial charge in [0.15, 0.2) is 5.69 Å². The van der Waals surface area contributed by atoms with E-state index in [9.17, 15) is 18.0 Å². The van der Waals surface area contributed by atoms with Gasteiger partial charge in [0.1, 0.15) is 0 Å². The van der Waals surface area contributed by atoms with Gasteiger partial charge in [-0.2, -0.15) is 23.4 Å². The second-order valence-corrected chi connectivity index (χ2v) is 5.79. The van der Waals surface area contributed by atoms with Crippen LogP contribution in [0.1, 0.15) is 23.5 Å². The summed E-state index contributed by atoms with van der Waals surface area (Å²) < 4.78 is 41.1. The number of hydrogen-bond acceptors (Lipinski definition) is 3. The van der Waals surface area contributed by atoms with Crippen LogP contribution < -0.4 is 0 Å². The molecule has 0 unspecified atom stereocenters. The fourth-order valence-electron chi connectivity index (χ4n) is 2.20. The molecule has 1 amide bonds. The molecular formula is C14H17ClF3N5O. The average molecular weight is 364 g/mol. The molecule has 0 aliphatic rings. The third-order valence-electron chi connectivity index (χ3n) is 3.69. The number of carbonyl (C=O) groups is 1. The van der Waals surface area contributed by atoms with E-state index in [-0.39, 0.29) is 24.6 Å². The van der Waals surface area contributed by atoms with Crippen LogP contribution in [0.15, 0.2) is 12.3 Å². The maximum Gasteiger partial charge on any atom is 0.436 e. The van der Waals surface area contributed by atoms with Crippen LogP contribution in [-0.2, 0) is 31.1 Å². The third kappa shape index (κ3) is 3.89. The normalized spacial score (nSPS) is 11.8. The Bertz CT molecular complexity index is 737. The van der Waals surface area contributed by atoms with Crippen molar-refractivity contribution in [2.75, 3.05) is 7.05 Å². The van der Waals surface area contributed by atoms with E-state index in [1.807, 2.05) is 0 Å². The molecule has 0 saturated carbocycles. The first-order valence-electron chi connectivity index (χ1n) is 7.12. The summed E-state index contributed by atoms with van der Waals surface area (Å²) in [4.78, 5) is 13.6. The van der Waals surface area contributed by atoms with Crippen molar-refractivity contribution >= 4 is 17.5 Å². The van der Waals surface area contributed by atoms with Gasteiger partial charge in [-0.05, 0) is 13.0 Å². The lowest BCUT2D eigenvalue weighted by Crippen LogP contribution is -2.28. The largest absolute Gasteiger partial charge is 0.436 e. The van der Waals surface area contributed by atoms with Crippen molar-refractivity contribution in [3.05, 3.63) is 34.4 Å². The van der Waals surface area contributed by atoms with Crippen LogP contribution in [0, 0.1) is 6.92 Å². The third-order valence-corrected chi connectivity index (χ3v) is 4.14. The Morgan fingerprint density at radius 2 is 2.08 bits per heavy atom. The number of hydrogen-bond donors (Lipinski definition) is 0. The van der Waals surface area contributed by atoms with Crippen molar-refractivity contribution in [2.24, 2.45) is 7.05 Å². The molecule has 0 N–H and O–H groups in total. The molecule has 0 saturated heterocycles. The Balaban J connectivity index is 2.00. The van der Waals surface area contributed by atoms with E-state index >= 15 is 0 Å². The van der Waals surface area contributed by atoms with Gasteiger partial charge in [-0.15, -0.1) is 0 Å². The smallest absolute Gasteiger partial charge is 0.340 e. The van der Waals surface area contributed by atoms with Gasteiger partial charge >= 0.3 is 6.18 Å². The zero-order valence-electron chi connectivity index (χ0n) is 13.4. The van der Waals surface area contributed by atoms with E-state index < -0.39 is 16.9 Å². The van der Waals surface area contributed by atoms with Gasteiger partial charge < -0.3 is 4.90 Å². The van der Waals surface area contributed by atoms with Crippen LogP contribution in [-0.4, -0.2) is 37.4 Å². The lowest BCUT2D eigenvalue weighted by Gasteiger charge is -2.17. The van der Waals surface area contributed by atoms with E-state index in [4.69, 9.17) is 11.6 Å². The summed E-state index contributed by atoms with van der Waals surface area (Å²) in [6.45, 7) is 1.83. The number of nitrogens with zero attached hydrogens (tertiary/aromatic N) is 5. The molecule has 132 valence electrons. The topological polar surface area (TPSA) is 56.0 Å². The summed E-state index contributed by atoms with van der Waals surface area (Å²) in [6.07, 6.45) is -2.97. The number of aromatic nitrogens is 4.